The molecule has 6 N–H and O–H groups in total. The molecule has 0 aliphatic rings. The van der Waals surface area contributed by atoms with Crippen LogP contribution in [0.3, 0.4) is 0 Å². The number of pyridine rings is 1. The SMILES string of the molecule is NC(N)=NCCCC(C=O)NC(=O)Cn1cccc(NS(=O)(=O)c2cc(Cl)ccc2Cl)c1=O. The number of guanidine groups is 1. The quantitative estimate of drug-likeness (QED) is 0.147. The summed E-state index contributed by atoms with van der Waals surface area (Å²) in [6.45, 7) is -0.147. The van der Waals surface area contributed by atoms with Gasteiger partial charge in [0.2, 0.25) is 5.91 Å². The van der Waals surface area contributed by atoms with E-state index in [2.05, 4.69) is 15.0 Å². The Balaban J connectivity index is 2.11. The first-order valence-electron chi connectivity index (χ1n) is 9.51. The zero-order chi connectivity index (χ0) is 24.6. The van der Waals surface area contributed by atoms with E-state index in [9.17, 15) is 22.8 Å². The Bertz CT molecular complexity index is 1210. The van der Waals surface area contributed by atoms with Crippen LogP contribution in [0.15, 0.2) is 51.2 Å². The molecule has 0 aliphatic heterocycles. The number of carbonyl (C=O) groups excluding carboxylic acids is 2. The monoisotopic (exact) mass is 516 g/mol. The maximum Gasteiger partial charge on any atom is 0.275 e. The number of nitrogens with zero attached hydrogens (tertiary/aromatic N) is 2. The molecule has 14 heteroatoms. The number of hydrogen-bond acceptors (Lipinski definition) is 6. The van der Waals surface area contributed by atoms with Crippen LogP contribution < -0.4 is 27.1 Å². The zero-order valence-electron chi connectivity index (χ0n) is 17.2. The molecule has 1 heterocycles. The molecule has 2 aromatic rings. The van der Waals surface area contributed by atoms with Gasteiger partial charge in [-0.15, -0.1) is 0 Å². The molecule has 11 nitrogen and oxygen atoms in total. The Labute approximate surface area is 199 Å². The van der Waals surface area contributed by atoms with Gasteiger partial charge in [-0.05, 0) is 43.2 Å². The lowest BCUT2D eigenvalue weighted by atomic mass is 10.2. The average Bonchev–Trinajstić information content (AvgIpc) is 2.74. The molecule has 2 rings (SSSR count). The molecule has 1 amide bonds. The molecule has 0 spiro atoms. The van der Waals surface area contributed by atoms with Crippen LogP contribution in [0.5, 0.6) is 0 Å². The molecule has 178 valence electrons. The van der Waals surface area contributed by atoms with Crippen LogP contribution in [0.2, 0.25) is 10.0 Å². The second-order valence-electron chi connectivity index (χ2n) is 6.79. The predicted octanol–water partition coefficient (Wildman–Crippen LogP) is 0.693. The molecular weight excluding hydrogens is 495 g/mol. The first kappa shape index (κ1) is 26.2. The summed E-state index contributed by atoms with van der Waals surface area (Å²) in [5.74, 6) is -0.692. The van der Waals surface area contributed by atoms with Gasteiger partial charge in [0.25, 0.3) is 15.6 Å². The van der Waals surface area contributed by atoms with Crippen molar-refractivity contribution in [3.8, 4) is 0 Å². The van der Waals surface area contributed by atoms with Gasteiger partial charge in [0.15, 0.2) is 5.96 Å². The average molecular weight is 517 g/mol. The fourth-order valence-corrected chi connectivity index (χ4v) is 4.54. The molecule has 33 heavy (non-hydrogen) atoms. The van der Waals surface area contributed by atoms with Gasteiger partial charge in [0.1, 0.15) is 23.4 Å². The molecule has 0 bridgehead atoms. The minimum absolute atomic E-state index is 0.0748. The molecule has 0 fully saturated rings. The van der Waals surface area contributed by atoms with Gasteiger partial charge in [-0.1, -0.05) is 23.2 Å². The maximum absolute atomic E-state index is 12.7. The highest BCUT2D eigenvalue weighted by molar-refractivity contribution is 7.92. The van der Waals surface area contributed by atoms with E-state index in [-0.39, 0.29) is 26.6 Å². The van der Waals surface area contributed by atoms with Gasteiger partial charge in [-0.25, -0.2) is 8.42 Å². The number of aromatic nitrogens is 1. The Morgan fingerprint density at radius 3 is 2.64 bits per heavy atom. The summed E-state index contributed by atoms with van der Waals surface area (Å²) in [5.41, 5.74) is 9.37. The molecule has 1 atom stereocenters. The van der Waals surface area contributed by atoms with Crippen LogP contribution >= 0.6 is 23.2 Å². The number of sulfonamides is 1. The minimum Gasteiger partial charge on any atom is -0.370 e. The van der Waals surface area contributed by atoms with Gasteiger partial charge in [0.05, 0.1) is 11.1 Å². The summed E-state index contributed by atoms with van der Waals surface area (Å²) in [6.07, 6.45) is 2.61. The number of amides is 1. The third-order valence-corrected chi connectivity index (χ3v) is 6.32. The minimum atomic E-state index is -4.23. The van der Waals surface area contributed by atoms with Crippen LogP contribution in [-0.4, -0.2) is 43.7 Å². The molecule has 0 radical (unpaired) electrons. The van der Waals surface area contributed by atoms with E-state index in [0.29, 0.717) is 25.7 Å². The van der Waals surface area contributed by atoms with E-state index < -0.39 is 34.1 Å². The second kappa shape index (κ2) is 11.7. The highest BCUT2D eigenvalue weighted by Crippen LogP contribution is 2.26. The van der Waals surface area contributed by atoms with Crippen LogP contribution in [0.1, 0.15) is 12.8 Å². The molecule has 1 aromatic carbocycles. The Hall–Kier alpha value is -3.09. The molecule has 0 saturated carbocycles. The highest BCUT2D eigenvalue weighted by Gasteiger charge is 2.21. The van der Waals surface area contributed by atoms with Crippen LogP contribution in [-0.2, 0) is 26.2 Å². The number of nitrogens with two attached hydrogens (primary N) is 2. The van der Waals surface area contributed by atoms with E-state index >= 15 is 0 Å². The summed E-state index contributed by atoms with van der Waals surface area (Å²) in [4.78, 5) is 39.7. The van der Waals surface area contributed by atoms with Gasteiger partial charge >= 0.3 is 0 Å². The molecule has 0 aliphatic carbocycles. The van der Waals surface area contributed by atoms with Crippen molar-refractivity contribution in [2.75, 3.05) is 11.3 Å². The first-order valence-corrected chi connectivity index (χ1v) is 11.7. The maximum atomic E-state index is 12.7. The summed E-state index contributed by atoms with van der Waals surface area (Å²) < 4.78 is 28.5. The van der Waals surface area contributed by atoms with Gasteiger partial charge in [-0.3, -0.25) is 19.3 Å². The topological polar surface area (TPSA) is 179 Å². The van der Waals surface area contributed by atoms with Crippen molar-refractivity contribution >= 4 is 57.1 Å². The van der Waals surface area contributed by atoms with Crippen molar-refractivity contribution in [2.45, 2.75) is 30.3 Å². The number of rotatable bonds is 11. The number of aliphatic imine (C=N–C) groups is 1. The summed E-state index contributed by atoms with van der Waals surface area (Å²) in [7, 11) is -4.23. The van der Waals surface area contributed by atoms with Crippen molar-refractivity contribution in [2.24, 2.45) is 16.5 Å². The summed E-state index contributed by atoms with van der Waals surface area (Å²) >= 11 is 11.8. The molecule has 1 aromatic heterocycles. The second-order valence-corrected chi connectivity index (χ2v) is 9.29. The van der Waals surface area contributed by atoms with Crippen molar-refractivity contribution in [3.63, 3.8) is 0 Å². The Morgan fingerprint density at radius 2 is 1.97 bits per heavy atom. The lowest BCUT2D eigenvalue weighted by Gasteiger charge is -2.14. The van der Waals surface area contributed by atoms with Crippen molar-refractivity contribution in [3.05, 3.63) is 56.9 Å². The third-order valence-electron chi connectivity index (χ3n) is 4.24. The largest absolute Gasteiger partial charge is 0.370 e. The van der Waals surface area contributed by atoms with Crippen LogP contribution in [0, 0.1) is 0 Å². The lowest BCUT2D eigenvalue weighted by Crippen LogP contribution is -2.40. The van der Waals surface area contributed by atoms with E-state index in [4.69, 9.17) is 34.7 Å². The van der Waals surface area contributed by atoms with E-state index in [1.54, 1.807) is 0 Å². The first-order chi connectivity index (χ1) is 15.5. The van der Waals surface area contributed by atoms with Crippen LogP contribution in [0.25, 0.3) is 0 Å². The van der Waals surface area contributed by atoms with Gasteiger partial charge < -0.3 is 26.1 Å². The normalized spacial score (nSPS) is 11.9. The molecular formula is C19H22Cl2N6O5S. The zero-order valence-corrected chi connectivity index (χ0v) is 19.5. The summed E-state index contributed by atoms with van der Waals surface area (Å²) in [6, 6.07) is 5.71. The molecule has 1 unspecified atom stereocenters. The van der Waals surface area contributed by atoms with E-state index in [0.717, 1.165) is 10.6 Å². The number of nitrogens with one attached hydrogen (secondary N) is 2. The number of carbonyl (C=O) groups is 2. The van der Waals surface area contributed by atoms with Crippen LogP contribution in [0.4, 0.5) is 5.69 Å². The van der Waals surface area contributed by atoms with Crippen molar-refractivity contribution in [1.82, 2.24) is 9.88 Å². The standard InChI is InChI=1S/C19H22Cl2N6O5S/c20-12-5-6-14(21)16(9-12)33(31,32)26-15-4-2-8-27(18(15)30)10-17(29)25-13(11-28)3-1-7-24-19(22)23/h2,4-6,8-9,11,13,26H,1,3,7,10H2,(H,25,29)(H4,22,23,24). The van der Waals surface area contributed by atoms with E-state index in [1.807, 2.05) is 0 Å². The van der Waals surface area contributed by atoms with Gasteiger partial charge in [0, 0.05) is 17.8 Å². The smallest absolute Gasteiger partial charge is 0.275 e. The third kappa shape index (κ3) is 7.77. The number of anilines is 1. The lowest BCUT2D eigenvalue weighted by molar-refractivity contribution is -0.124. The van der Waals surface area contributed by atoms with Crippen molar-refractivity contribution < 1.29 is 18.0 Å². The highest BCUT2D eigenvalue weighted by atomic mass is 35.5. The Morgan fingerprint density at radius 1 is 1.24 bits per heavy atom. The fourth-order valence-electron chi connectivity index (χ4n) is 2.72. The van der Waals surface area contributed by atoms with Gasteiger partial charge in [-0.2, -0.15) is 0 Å². The van der Waals surface area contributed by atoms with Crippen molar-refractivity contribution in [1.29, 1.82) is 0 Å². The summed E-state index contributed by atoms with van der Waals surface area (Å²) in [5, 5.41) is 2.55. The molecule has 0 saturated heterocycles. The Kier molecular flexibility index (Phi) is 9.26. The fraction of sp³-hybridized carbons (Fsp3) is 0.263. The number of hydrogen-bond donors (Lipinski definition) is 4. The van der Waals surface area contributed by atoms with E-state index in [1.165, 1.54) is 30.5 Å². The number of halogens is 2. The number of benzene rings is 1. The predicted molar refractivity (Wildman–Crippen MR) is 126 cm³/mol. The number of aldehydes is 1.